The summed E-state index contributed by atoms with van der Waals surface area (Å²) in [6, 6.07) is 51.3. The van der Waals surface area contributed by atoms with Crippen LogP contribution in [0.25, 0.3) is 71.6 Å². The first kappa shape index (κ1) is 90.9. The van der Waals surface area contributed by atoms with E-state index >= 15 is 0 Å². The molecule has 0 spiro atoms. The fourth-order valence-electron chi connectivity index (χ4n) is 13.9. The molecule has 0 radical (unpaired) electrons. The van der Waals surface area contributed by atoms with Gasteiger partial charge in [-0.15, -0.1) is 11.6 Å². The number of halogens is 3. The number of alkyl halides is 2. The first-order chi connectivity index (χ1) is 58.7. The molecule has 2 unspecified atom stereocenters. The minimum absolute atomic E-state index is 0.146. The van der Waals surface area contributed by atoms with Crippen LogP contribution in [-0.4, -0.2) is 58.0 Å². The van der Waals surface area contributed by atoms with E-state index in [-0.39, 0.29) is 13.2 Å². The van der Waals surface area contributed by atoms with Crippen molar-refractivity contribution in [2.24, 2.45) is 0 Å². The van der Waals surface area contributed by atoms with Crippen LogP contribution in [0.1, 0.15) is 128 Å². The molecule has 0 amide bonds. The quantitative estimate of drug-likeness (QED) is 0.0315. The number of methoxy groups -OCH3 is 3. The smallest absolute Gasteiger partial charge is 0.270 e. The zero-order chi connectivity index (χ0) is 86.8. The number of furan rings is 5. The summed E-state index contributed by atoms with van der Waals surface area (Å²) in [6.07, 6.45) is 10.4. The summed E-state index contributed by atoms with van der Waals surface area (Å²) >= 11 is 12.5. The standard InChI is InChI=1S/C22H20O4.C21H18O3.C20H15BrO3.C17H25BrNO4P.C17H25ClNO4P/c1-13-7-16-10-18(26-22(16)21(8-13)23-4)12-24-17-5-6-19-14(2)9-15(3)25-20(19)11-17;1-13-4-7-20-16(8-13)10-18(24-20)12-22-17-5-6-19-14(2)9-15(3)23-21(19)11-17;1-12-7-13(2)23-20-10-16(4-5-18(12)20)22-11-17-9-14-8-15(21)3-6-19(14)24-17;2*1-4-5-8-24(20,19-7-6-18)22-12-15-11-14-9-13(2)10-16(21-3)17(14)23-15/h5-11H,3,12H2,1-2,4H3;4-11H,3,12H2,1-2H3;3-10H,2,11H2,1H3;2*9-11H,4-8,12H2,1-3H3,(H,19,20). The predicted molar refractivity (Wildman–Crippen MR) is 495 cm³/mol. The molecule has 0 fully saturated rings. The fourth-order valence-corrected chi connectivity index (χ4v) is 18.8. The number of fused-ring (bicyclic) bond motifs is 8. The van der Waals surface area contributed by atoms with Gasteiger partial charge in [0, 0.05) is 103 Å². The third-order valence-electron chi connectivity index (χ3n) is 19.7. The lowest BCUT2D eigenvalue weighted by Gasteiger charge is -2.18. The Morgan fingerprint density at radius 3 is 1.11 bits per heavy atom. The summed E-state index contributed by atoms with van der Waals surface area (Å²) in [5.74, 6) is 12.5. The lowest BCUT2D eigenvalue weighted by molar-refractivity contribution is 0.266. The van der Waals surface area contributed by atoms with E-state index in [0.717, 1.165) is 187 Å². The van der Waals surface area contributed by atoms with Crippen molar-refractivity contribution in [3.05, 3.63) is 285 Å². The summed E-state index contributed by atoms with van der Waals surface area (Å²) in [4.78, 5) is 0. The lowest BCUT2D eigenvalue weighted by Crippen LogP contribution is -2.17. The molecule has 3 aliphatic rings. The van der Waals surface area contributed by atoms with Gasteiger partial charge in [-0.1, -0.05) is 89.9 Å². The molecule has 2 N–H and O–H groups in total. The molecule has 16 rings (SSSR count). The third-order valence-corrected chi connectivity index (χ3v) is 25.1. The van der Waals surface area contributed by atoms with Crippen LogP contribution in [0.15, 0.2) is 240 Å². The van der Waals surface area contributed by atoms with E-state index in [9.17, 15) is 9.13 Å². The summed E-state index contributed by atoms with van der Waals surface area (Å²) in [7, 11) is -0.898. The molecule has 122 heavy (non-hydrogen) atoms. The van der Waals surface area contributed by atoms with Crippen molar-refractivity contribution in [2.75, 3.05) is 58.0 Å². The average molecular weight is 1840 g/mol. The molecule has 2 atom stereocenters. The van der Waals surface area contributed by atoms with Crippen molar-refractivity contribution in [3.8, 4) is 51.7 Å². The van der Waals surface area contributed by atoms with Crippen LogP contribution in [0.3, 0.4) is 0 Å². The Bertz CT molecular complexity index is 5830. The molecule has 8 aromatic carbocycles. The van der Waals surface area contributed by atoms with E-state index in [1.54, 1.807) is 21.3 Å². The molecule has 25 heteroatoms. The second kappa shape index (κ2) is 42.2. The second-order valence-electron chi connectivity index (χ2n) is 29.7. The maximum absolute atomic E-state index is 12.9. The van der Waals surface area contributed by atoms with Crippen LogP contribution < -0.4 is 52.8 Å². The van der Waals surface area contributed by atoms with Gasteiger partial charge in [-0.3, -0.25) is 9.13 Å². The number of rotatable bonds is 30. The number of ether oxygens (including phenoxy) is 9. The Morgan fingerprint density at radius 2 is 0.746 bits per heavy atom. The first-order valence-electron chi connectivity index (χ1n) is 40.2. The van der Waals surface area contributed by atoms with E-state index in [1.165, 1.54) is 5.56 Å². The highest BCUT2D eigenvalue weighted by Gasteiger charge is 2.26. The van der Waals surface area contributed by atoms with E-state index in [2.05, 4.69) is 94.7 Å². The average Bonchev–Trinajstić information content (AvgIpc) is 1.65. The highest BCUT2D eigenvalue weighted by atomic mass is 79.9. The number of benzene rings is 8. The summed E-state index contributed by atoms with van der Waals surface area (Å²) in [5, 5.41) is 11.8. The number of aryl methyl sites for hydroxylation is 4. The van der Waals surface area contributed by atoms with Gasteiger partial charge in [0.25, 0.3) is 15.0 Å². The number of allylic oxidation sites excluding steroid dienone is 6. The zero-order valence-corrected chi connectivity index (χ0v) is 76.6. The van der Waals surface area contributed by atoms with Gasteiger partial charge in [0.2, 0.25) is 0 Å². The number of hydrogen-bond acceptors (Lipinski definition) is 18. The van der Waals surface area contributed by atoms with Gasteiger partial charge in [0.05, 0.1) is 21.3 Å². The molecule has 640 valence electrons. The normalized spacial score (nSPS) is 13.6. The summed E-state index contributed by atoms with van der Waals surface area (Å²) < 4.78 is 118. The molecular formula is C97H103Br2ClN2O18P2. The third kappa shape index (κ3) is 24.1. The van der Waals surface area contributed by atoms with Gasteiger partial charge >= 0.3 is 0 Å². The summed E-state index contributed by atoms with van der Waals surface area (Å²) in [6.45, 7) is 32.4. The van der Waals surface area contributed by atoms with Gasteiger partial charge < -0.3 is 73.8 Å². The molecule has 3 aliphatic heterocycles. The van der Waals surface area contributed by atoms with Crippen molar-refractivity contribution < 1.29 is 82.9 Å². The van der Waals surface area contributed by atoms with E-state index in [1.807, 2.05) is 205 Å². The van der Waals surface area contributed by atoms with Gasteiger partial charge in [-0.25, -0.2) is 10.2 Å². The molecule has 5 aromatic heterocycles. The van der Waals surface area contributed by atoms with Gasteiger partial charge in [0.15, 0.2) is 34.0 Å². The van der Waals surface area contributed by atoms with Crippen molar-refractivity contribution in [1.29, 1.82) is 0 Å². The van der Waals surface area contributed by atoms with Crippen LogP contribution >= 0.6 is 58.5 Å². The summed E-state index contributed by atoms with van der Waals surface area (Å²) in [5.41, 5.74) is 14.9. The fraction of sp³-hybridized carbons (Fsp3) is 0.278. The maximum Gasteiger partial charge on any atom is 0.270 e. The van der Waals surface area contributed by atoms with Crippen LogP contribution in [0.4, 0.5) is 0 Å². The van der Waals surface area contributed by atoms with Crippen molar-refractivity contribution in [2.45, 2.75) is 121 Å². The Balaban J connectivity index is 0.000000139. The largest absolute Gasteiger partial charge is 0.493 e. The van der Waals surface area contributed by atoms with Crippen molar-refractivity contribution in [3.63, 3.8) is 0 Å². The topological polar surface area (TPSA) is 225 Å². The van der Waals surface area contributed by atoms with Gasteiger partial charge in [0.1, 0.15) is 125 Å². The highest BCUT2D eigenvalue weighted by molar-refractivity contribution is 9.10. The second-order valence-corrected chi connectivity index (χ2v) is 36.5. The SMILES string of the molecule is C=C1C=C(C)c2ccc(OCc3cc4cc(Br)ccc4o3)cc2O1.C=C1C=C(C)c2ccc(OCc3cc4cc(C)cc(OC)c4o3)cc2O1.C=C1C=C(C)c2ccc(OCc3cc4cc(C)ccc4o3)cc2O1.CCCCP(=O)(NCCBr)OCc1cc2cc(C)cc(OC)c2o1.CCCCP(=O)(NCCCl)OCc1cc2cc(C)cc(OC)c2o1. The molecule has 0 saturated carbocycles. The number of unbranched alkanes of at least 4 members (excludes halogenated alkanes) is 2. The van der Waals surface area contributed by atoms with Crippen LogP contribution in [0.5, 0.6) is 51.7 Å². The van der Waals surface area contributed by atoms with E-state index < -0.39 is 15.0 Å². The predicted octanol–water partition coefficient (Wildman–Crippen LogP) is 27.7. The molecule has 0 bridgehead atoms. The van der Waals surface area contributed by atoms with E-state index in [4.69, 9.17) is 85.4 Å². The van der Waals surface area contributed by atoms with Crippen molar-refractivity contribution in [1.82, 2.24) is 10.2 Å². The molecule has 0 aliphatic carbocycles. The van der Waals surface area contributed by atoms with Crippen molar-refractivity contribution >= 4 is 130 Å². The maximum atomic E-state index is 12.9. The molecule has 8 heterocycles. The molecule has 13 aromatic rings. The Hall–Kier alpha value is -10.4. The molecule has 20 nitrogen and oxygen atoms in total. The van der Waals surface area contributed by atoms with Crippen LogP contribution in [0, 0.1) is 27.7 Å². The lowest BCUT2D eigenvalue weighted by atomic mass is 10.0. The zero-order valence-electron chi connectivity index (χ0n) is 70.8. The van der Waals surface area contributed by atoms with E-state index in [0.29, 0.717) is 103 Å². The minimum atomic E-state index is -2.92. The Kier molecular flexibility index (Phi) is 31.4. The van der Waals surface area contributed by atoms with Crippen LogP contribution in [-0.2, 0) is 51.2 Å². The molecular weight excluding hydrogens is 1740 g/mol. The first-order valence-corrected chi connectivity index (χ1v) is 46.2. The number of nitrogens with one attached hydrogen (secondary N) is 2. The monoisotopic (exact) mass is 1840 g/mol. The van der Waals surface area contributed by atoms with Gasteiger partial charge in [-0.2, -0.15) is 0 Å². The van der Waals surface area contributed by atoms with Gasteiger partial charge in [-0.05, 0) is 246 Å². The molecule has 0 saturated heterocycles. The number of hydrogen-bond donors (Lipinski definition) is 2. The van der Waals surface area contributed by atoms with Crippen LogP contribution in [0.2, 0.25) is 0 Å². The highest BCUT2D eigenvalue weighted by Crippen LogP contribution is 2.47. The Labute approximate surface area is 734 Å². The minimum Gasteiger partial charge on any atom is -0.493 e. The Morgan fingerprint density at radius 1 is 0.402 bits per heavy atom.